The number of benzene rings is 1. The number of hydrogen-bond donors (Lipinski definition) is 2. The average Bonchev–Trinajstić information content (AvgIpc) is 2.86. The van der Waals surface area contributed by atoms with E-state index in [4.69, 9.17) is 5.11 Å². The van der Waals surface area contributed by atoms with Gasteiger partial charge in [-0.3, -0.25) is 9.59 Å². The highest BCUT2D eigenvalue weighted by Gasteiger charge is 2.19. The Kier molecular flexibility index (Phi) is 4.47. The Morgan fingerprint density at radius 1 is 1.35 bits per heavy atom. The molecule has 1 amide bonds. The predicted molar refractivity (Wildman–Crippen MR) is 76.9 cm³/mol. The van der Waals surface area contributed by atoms with Crippen molar-refractivity contribution in [3.05, 3.63) is 46.4 Å². The van der Waals surface area contributed by atoms with E-state index in [2.05, 4.69) is 10.3 Å². The van der Waals surface area contributed by atoms with Crippen LogP contribution in [0, 0.1) is 0 Å². The lowest BCUT2D eigenvalue weighted by atomic mass is 10.1. The molecule has 0 bridgehead atoms. The van der Waals surface area contributed by atoms with Gasteiger partial charge in [-0.05, 0) is 19.1 Å². The van der Waals surface area contributed by atoms with Crippen LogP contribution in [0.4, 0.5) is 5.69 Å². The summed E-state index contributed by atoms with van der Waals surface area (Å²) < 4.78 is 0. The molecule has 20 heavy (non-hydrogen) atoms. The molecule has 0 saturated heterocycles. The second-order valence-corrected chi connectivity index (χ2v) is 5.21. The molecule has 104 valence electrons. The third-order valence-corrected chi connectivity index (χ3v) is 3.78. The highest BCUT2D eigenvalue weighted by atomic mass is 32.1. The van der Waals surface area contributed by atoms with E-state index in [0.717, 1.165) is 5.69 Å². The van der Waals surface area contributed by atoms with Gasteiger partial charge in [0.2, 0.25) is 5.91 Å². The van der Waals surface area contributed by atoms with E-state index >= 15 is 0 Å². The molecule has 0 saturated carbocycles. The summed E-state index contributed by atoms with van der Waals surface area (Å²) in [5, 5.41) is 13.8. The zero-order valence-electron chi connectivity index (χ0n) is 10.9. The number of carbonyl (C=O) groups is 2. The Hall–Kier alpha value is -2.21. The lowest BCUT2D eigenvalue weighted by Crippen LogP contribution is -2.18. The molecule has 1 heterocycles. The number of rotatable bonds is 5. The van der Waals surface area contributed by atoms with Crippen molar-refractivity contribution in [1.82, 2.24) is 4.98 Å². The number of carboxylic acids is 1. The number of hydrogen-bond acceptors (Lipinski definition) is 4. The minimum absolute atomic E-state index is 0.122. The van der Waals surface area contributed by atoms with Crippen molar-refractivity contribution in [3.8, 4) is 0 Å². The summed E-state index contributed by atoms with van der Waals surface area (Å²) in [4.78, 5) is 26.9. The van der Waals surface area contributed by atoms with Gasteiger partial charge in [-0.1, -0.05) is 18.2 Å². The SMILES string of the molecule is C[C@H](C(=O)Nc1ccccc1)c1nc(CC(=O)O)cs1. The molecule has 2 rings (SSSR count). The maximum Gasteiger partial charge on any atom is 0.309 e. The average molecular weight is 290 g/mol. The van der Waals surface area contributed by atoms with Gasteiger partial charge in [0.25, 0.3) is 0 Å². The molecular formula is C14H14N2O3S. The Morgan fingerprint density at radius 2 is 2.05 bits per heavy atom. The lowest BCUT2D eigenvalue weighted by Gasteiger charge is -2.09. The fourth-order valence-electron chi connectivity index (χ4n) is 1.64. The van der Waals surface area contributed by atoms with Crippen LogP contribution in [0.15, 0.2) is 35.7 Å². The summed E-state index contributed by atoms with van der Waals surface area (Å²) in [7, 11) is 0. The third kappa shape index (κ3) is 3.64. The molecule has 0 aliphatic rings. The fourth-order valence-corrected chi connectivity index (χ4v) is 2.52. The van der Waals surface area contributed by atoms with Gasteiger partial charge in [0.1, 0.15) is 5.01 Å². The molecule has 0 aliphatic carbocycles. The highest BCUT2D eigenvalue weighted by molar-refractivity contribution is 7.09. The number of aromatic nitrogens is 1. The topological polar surface area (TPSA) is 79.3 Å². The fraction of sp³-hybridized carbons (Fsp3) is 0.214. The van der Waals surface area contributed by atoms with E-state index in [1.54, 1.807) is 12.3 Å². The van der Waals surface area contributed by atoms with Crippen LogP contribution in [0.2, 0.25) is 0 Å². The van der Waals surface area contributed by atoms with E-state index in [0.29, 0.717) is 10.7 Å². The first-order valence-electron chi connectivity index (χ1n) is 6.08. The summed E-state index contributed by atoms with van der Waals surface area (Å²) in [6, 6.07) is 9.17. The summed E-state index contributed by atoms with van der Waals surface area (Å²) in [6.07, 6.45) is -0.122. The van der Waals surface area contributed by atoms with Crippen LogP contribution in [-0.4, -0.2) is 22.0 Å². The van der Waals surface area contributed by atoms with Crippen LogP contribution in [0.5, 0.6) is 0 Å². The van der Waals surface area contributed by atoms with Crippen molar-refractivity contribution in [2.75, 3.05) is 5.32 Å². The van der Waals surface area contributed by atoms with Gasteiger partial charge in [0.05, 0.1) is 18.0 Å². The first-order valence-corrected chi connectivity index (χ1v) is 6.96. The summed E-state index contributed by atoms with van der Waals surface area (Å²) in [5.41, 5.74) is 1.21. The summed E-state index contributed by atoms with van der Waals surface area (Å²) in [6.45, 7) is 1.75. The molecule has 0 unspecified atom stereocenters. The third-order valence-electron chi connectivity index (χ3n) is 2.71. The molecule has 1 atom stereocenters. The van der Waals surface area contributed by atoms with E-state index in [9.17, 15) is 9.59 Å². The molecule has 2 aromatic rings. The van der Waals surface area contributed by atoms with Crippen LogP contribution in [0.25, 0.3) is 0 Å². The Morgan fingerprint density at radius 3 is 2.70 bits per heavy atom. The molecule has 0 fully saturated rings. The second-order valence-electron chi connectivity index (χ2n) is 4.32. The minimum atomic E-state index is -0.928. The van der Waals surface area contributed by atoms with Crippen LogP contribution in [0.1, 0.15) is 23.5 Å². The van der Waals surface area contributed by atoms with Gasteiger partial charge in [-0.2, -0.15) is 0 Å². The molecule has 1 aromatic heterocycles. The normalized spacial score (nSPS) is 11.8. The van der Waals surface area contributed by atoms with E-state index in [1.807, 2.05) is 30.3 Å². The molecule has 2 N–H and O–H groups in total. The first-order chi connectivity index (χ1) is 9.56. The lowest BCUT2D eigenvalue weighted by molar-refractivity contribution is -0.136. The molecule has 6 heteroatoms. The Balaban J connectivity index is 2.03. The number of para-hydroxylation sites is 1. The quantitative estimate of drug-likeness (QED) is 0.886. The molecule has 0 spiro atoms. The van der Waals surface area contributed by atoms with Gasteiger partial charge in [0.15, 0.2) is 0 Å². The number of aliphatic carboxylic acids is 1. The van der Waals surface area contributed by atoms with Gasteiger partial charge in [-0.15, -0.1) is 11.3 Å². The van der Waals surface area contributed by atoms with Crippen LogP contribution < -0.4 is 5.32 Å². The Bertz CT molecular complexity index is 610. The zero-order valence-corrected chi connectivity index (χ0v) is 11.7. The molecule has 5 nitrogen and oxygen atoms in total. The first kappa shape index (κ1) is 14.2. The maximum atomic E-state index is 12.1. The number of amides is 1. The van der Waals surface area contributed by atoms with Crippen molar-refractivity contribution in [1.29, 1.82) is 0 Å². The number of nitrogens with zero attached hydrogens (tertiary/aromatic N) is 1. The van der Waals surface area contributed by atoms with E-state index in [-0.39, 0.29) is 12.3 Å². The van der Waals surface area contributed by atoms with Crippen molar-refractivity contribution in [3.63, 3.8) is 0 Å². The highest BCUT2D eigenvalue weighted by Crippen LogP contribution is 2.22. The van der Waals surface area contributed by atoms with Crippen LogP contribution in [0.3, 0.4) is 0 Å². The van der Waals surface area contributed by atoms with E-state index < -0.39 is 11.9 Å². The van der Waals surface area contributed by atoms with Gasteiger partial charge in [-0.25, -0.2) is 4.98 Å². The summed E-state index contributed by atoms with van der Waals surface area (Å²) >= 11 is 1.30. The monoisotopic (exact) mass is 290 g/mol. The van der Waals surface area contributed by atoms with Crippen LogP contribution in [-0.2, 0) is 16.0 Å². The zero-order chi connectivity index (χ0) is 14.5. The van der Waals surface area contributed by atoms with Gasteiger partial charge >= 0.3 is 5.97 Å². The molecular weight excluding hydrogens is 276 g/mol. The maximum absolute atomic E-state index is 12.1. The predicted octanol–water partition coefficient (Wildman–Crippen LogP) is 2.51. The number of nitrogens with one attached hydrogen (secondary N) is 1. The van der Waals surface area contributed by atoms with Gasteiger partial charge < -0.3 is 10.4 Å². The number of carboxylic acid groups (broad SMARTS) is 1. The molecule has 1 aromatic carbocycles. The Labute approximate surface area is 120 Å². The minimum Gasteiger partial charge on any atom is -0.481 e. The standard InChI is InChI=1S/C14H14N2O3S/c1-9(13(19)15-10-5-3-2-4-6-10)14-16-11(8-20-14)7-12(17)18/h2-6,8-9H,7H2,1H3,(H,15,19)(H,17,18)/t9-/m1/s1. The molecule has 0 aliphatic heterocycles. The summed E-state index contributed by atoms with van der Waals surface area (Å²) in [5.74, 6) is -1.50. The smallest absolute Gasteiger partial charge is 0.309 e. The van der Waals surface area contributed by atoms with E-state index in [1.165, 1.54) is 11.3 Å². The van der Waals surface area contributed by atoms with Crippen LogP contribution >= 0.6 is 11.3 Å². The largest absolute Gasteiger partial charge is 0.481 e. The second kappa shape index (κ2) is 6.29. The van der Waals surface area contributed by atoms with Crippen molar-refractivity contribution >= 4 is 28.9 Å². The van der Waals surface area contributed by atoms with Crippen molar-refractivity contribution < 1.29 is 14.7 Å². The molecule has 0 radical (unpaired) electrons. The van der Waals surface area contributed by atoms with Gasteiger partial charge in [0, 0.05) is 11.1 Å². The van der Waals surface area contributed by atoms with Crippen molar-refractivity contribution in [2.24, 2.45) is 0 Å². The number of anilines is 1. The van der Waals surface area contributed by atoms with Crippen molar-refractivity contribution in [2.45, 2.75) is 19.3 Å². The number of carbonyl (C=O) groups excluding carboxylic acids is 1. The number of thiazole rings is 1.